The Morgan fingerprint density at radius 1 is 1.13 bits per heavy atom. The van der Waals surface area contributed by atoms with Gasteiger partial charge in [0.2, 0.25) is 5.91 Å². The van der Waals surface area contributed by atoms with Crippen LogP contribution in [0, 0.1) is 0 Å². The number of nitrogens with zero attached hydrogens (tertiary/aromatic N) is 1. The summed E-state index contributed by atoms with van der Waals surface area (Å²) >= 11 is 0. The van der Waals surface area contributed by atoms with Gasteiger partial charge in [-0.3, -0.25) is 4.79 Å². The third kappa shape index (κ3) is 3.75. The van der Waals surface area contributed by atoms with E-state index in [9.17, 15) is 4.79 Å². The molecule has 2 heterocycles. The highest BCUT2D eigenvalue weighted by molar-refractivity contribution is 5.83. The zero-order valence-corrected chi connectivity index (χ0v) is 17.7. The van der Waals surface area contributed by atoms with Crippen LogP contribution in [-0.4, -0.2) is 50.3 Å². The first-order chi connectivity index (χ1) is 14.7. The van der Waals surface area contributed by atoms with Crippen LogP contribution in [0.3, 0.4) is 0 Å². The van der Waals surface area contributed by atoms with Crippen molar-refractivity contribution in [3.63, 3.8) is 0 Å². The molecule has 1 N–H and O–H groups in total. The number of para-hydroxylation sites is 1. The monoisotopic (exact) mass is 408 g/mol. The quantitative estimate of drug-likeness (QED) is 0.644. The second kappa shape index (κ2) is 8.79. The molecule has 1 amide bonds. The van der Waals surface area contributed by atoms with Crippen molar-refractivity contribution in [3.05, 3.63) is 59.3 Å². The second-order valence-corrected chi connectivity index (χ2v) is 7.59. The number of benzene rings is 2. The number of H-pyrrole nitrogens is 1. The number of nitrogens with one attached hydrogen (secondary N) is 1. The number of aryl methyl sites for hydroxylation is 1. The Hall–Kier alpha value is -2.99. The SMILES string of the molecule is COCC(=O)N1CCc2cc(OC)c(OC)cc2C1CCc1c[nH]c2ccccc12. The fourth-order valence-electron chi connectivity index (χ4n) is 4.48. The van der Waals surface area contributed by atoms with E-state index in [2.05, 4.69) is 29.4 Å². The molecule has 6 nitrogen and oxygen atoms in total. The van der Waals surface area contributed by atoms with Crippen molar-refractivity contribution in [2.45, 2.75) is 25.3 Å². The van der Waals surface area contributed by atoms with E-state index in [4.69, 9.17) is 14.2 Å². The summed E-state index contributed by atoms with van der Waals surface area (Å²) < 4.78 is 16.2. The molecule has 158 valence electrons. The Morgan fingerprint density at radius 3 is 2.67 bits per heavy atom. The van der Waals surface area contributed by atoms with Crippen molar-refractivity contribution in [1.82, 2.24) is 9.88 Å². The van der Waals surface area contributed by atoms with E-state index in [1.165, 1.54) is 16.5 Å². The summed E-state index contributed by atoms with van der Waals surface area (Å²) in [4.78, 5) is 18.1. The van der Waals surface area contributed by atoms with Gasteiger partial charge in [-0.25, -0.2) is 0 Å². The molecule has 0 fully saturated rings. The number of hydrogen-bond donors (Lipinski definition) is 1. The van der Waals surface area contributed by atoms with E-state index in [1.54, 1.807) is 21.3 Å². The molecular weight excluding hydrogens is 380 g/mol. The van der Waals surface area contributed by atoms with Crippen molar-refractivity contribution in [2.24, 2.45) is 0 Å². The predicted octanol–water partition coefficient (Wildman–Crippen LogP) is 3.89. The predicted molar refractivity (Wildman–Crippen MR) is 116 cm³/mol. The molecule has 1 aliphatic rings. The molecule has 4 rings (SSSR count). The van der Waals surface area contributed by atoms with Gasteiger partial charge in [0.15, 0.2) is 11.5 Å². The highest BCUT2D eigenvalue weighted by Crippen LogP contribution is 2.40. The fourth-order valence-corrected chi connectivity index (χ4v) is 4.48. The molecule has 1 atom stereocenters. The minimum atomic E-state index is -0.0372. The number of hydrogen-bond acceptors (Lipinski definition) is 4. The molecule has 30 heavy (non-hydrogen) atoms. The van der Waals surface area contributed by atoms with E-state index in [1.807, 2.05) is 23.1 Å². The van der Waals surface area contributed by atoms with Gasteiger partial charge in [0.05, 0.1) is 20.3 Å². The van der Waals surface area contributed by atoms with Crippen LogP contribution in [0.5, 0.6) is 11.5 Å². The van der Waals surface area contributed by atoms with E-state index in [0.29, 0.717) is 12.3 Å². The molecule has 1 aliphatic heterocycles. The first-order valence-electron chi connectivity index (χ1n) is 10.2. The van der Waals surface area contributed by atoms with Crippen molar-refractivity contribution < 1.29 is 19.0 Å². The van der Waals surface area contributed by atoms with Gasteiger partial charge in [0.1, 0.15) is 6.61 Å². The zero-order valence-electron chi connectivity index (χ0n) is 17.7. The average molecular weight is 408 g/mol. The number of fused-ring (bicyclic) bond motifs is 2. The molecule has 1 aromatic heterocycles. The summed E-state index contributed by atoms with van der Waals surface area (Å²) in [6, 6.07) is 12.3. The molecule has 1 unspecified atom stereocenters. The van der Waals surface area contributed by atoms with Crippen LogP contribution in [0.4, 0.5) is 0 Å². The highest BCUT2D eigenvalue weighted by Gasteiger charge is 2.32. The molecule has 0 bridgehead atoms. The number of ether oxygens (including phenoxy) is 3. The Labute approximate surface area is 176 Å². The van der Waals surface area contributed by atoms with Crippen LogP contribution in [0.2, 0.25) is 0 Å². The topological polar surface area (TPSA) is 63.8 Å². The lowest BCUT2D eigenvalue weighted by molar-refractivity contribution is -0.138. The largest absolute Gasteiger partial charge is 0.493 e. The number of carbonyl (C=O) groups is 1. The van der Waals surface area contributed by atoms with Crippen LogP contribution < -0.4 is 9.47 Å². The van der Waals surface area contributed by atoms with Gasteiger partial charge in [-0.1, -0.05) is 18.2 Å². The first kappa shape index (κ1) is 20.3. The number of aromatic amines is 1. The molecule has 0 saturated carbocycles. The lowest BCUT2D eigenvalue weighted by Crippen LogP contribution is -2.42. The molecule has 0 spiro atoms. The maximum Gasteiger partial charge on any atom is 0.249 e. The summed E-state index contributed by atoms with van der Waals surface area (Å²) in [5, 5.41) is 1.23. The van der Waals surface area contributed by atoms with Crippen LogP contribution >= 0.6 is 0 Å². The molecule has 3 aromatic rings. The highest BCUT2D eigenvalue weighted by atomic mass is 16.5. The summed E-state index contributed by atoms with van der Waals surface area (Å²) in [6.07, 6.45) is 4.54. The van der Waals surface area contributed by atoms with E-state index in [-0.39, 0.29) is 18.6 Å². The number of aromatic nitrogens is 1. The molecule has 2 aromatic carbocycles. The van der Waals surface area contributed by atoms with Gasteiger partial charge in [-0.05, 0) is 54.2 Å². The van der Waals surface area contributed by atoms with E-state index >= 15 is 0 Å². The lowest BCUT2D eigenvalue weighted by atomic mass is 9.88. The number of methoxy groups -OCH3 is 3. The number of amides is 1. The Balaban J connectivity index is 1.68. The zero-order chi connectivity index (χ0) is 21.1. The van der Waals surface area contributed by atoms with Gasteiger partial charge in [0, 0.05) is 30.8 Å². The summed E-state index contributed by atoms with van der Waals surface area (Å²) in [7, 11) is 4.85. The molecule has 0 saturated heterocycles. The van der Waals surface area contributed by atoms with Crippen molar-refractivity contribution >= 4 is 16.8 Å². The summed E-state index contributed by atoms with van der Waals surface area (Å²) in [6.45, 7) is 0.759. The van der Waals surface area contributed by atoms with Crippen LogP contribution in [0.1, 0.15) is 29.2 Å². The van der Waals surface area contributed by atoms with Crippen molar-refractivity contribution in [3.8, 4) is 11.5 Å². The second-order valence-electron chi connectivity index (χ2n) is 7.59. The lowest BCUT2D eigenvalue weighted by Gasteiger charge is -2.38. The smallest absolute Gasteiger partial charge is 0.249 e. The molecular formula is C24H28N2O4. The first-order valence-corrected chi connectivity index (χ1v) is 10.2. The third-order valence-corrected chi connectivity index (χ3v) is 5.95. The van der Waals surface area contributed by atoms with Gasteiger partial charge in [0.25, 0.3) is 0 Å². The minimum Gasteiger partial charge on any atom is -0.493 e. The standard InChI is InChI=1S/C24H28N2O4/c1-28-15-24(27)26-11-10-16-12-22(29-2)23(30-3)13-19(16)21(26)9-8-17-14-25-20-7-5-4-6-18(17)20/h4-7,12-14,21,25H,8-11,15H2,1-3H3. The normalized spacial score (nSPS) is 15.8. The Morgan fingerprint density at radius 2 is 1.90 bits per heavy atom. The van der Waals surface area contributed by atoms with Gasteiger partial charge < -0.3 is 24.1 Å². The van der Waals surface area contributed by atoms with Gasteiger partial charge >= 0.3 is 0 Å². The summed E-state index contributed by atoms with van der Waals surface area (Å²) in [5.74, 6) is 1.43. The van der Waals surface area contributed by atoms with E-state index < -0.39 is 0 Å². The summed E-state index contributed by atoms with van der Waals surface area (Å²) in [5.41, 5.74) is 4.73. The molecule has 0 aliphatic carbocycles. The van der Waals surface area contributed by atoms with Crippen LogP contribution in [-0.2, 0) is 22.4 Å². The van der Waals surface area contributed by atoms with Crippen molar-refractivity contribution in [1.29, 1.82) is 0 Å². The van der Waals surface area contributed by atoms with Gasteiger partial charge in [-0.15, -0.1) is 0 Å². The maximum absolute atomic E-state index is 12.8. The Kier molecular flexibility index (Phi) is 5.95. The maximum atomic E-state index is 12.8. The Bertz CT molecular complexity index is 1040. The number of carbonyl (C=O) groups excluding carboxylic acids is 1. The van der Waals surface area contributed by atoms with Crippen molar-refractivity contribution in [2.75, 3.05) is 34.5 Å². The van der Waals surface area contributed by atoms with E-state index in [0.717, 1.165) is 36.1 Å². The average Bonchev–Trinajstić information content (AvgIpc) is 3.19. The minimum absolute atomic E-state index is 0.0156. The fraction of sp³-hybridized carbons (Fsp3) is 0.375. The molecule has 0 radical (unpaired) electrons. The van der Waals surface area contributed by atoms with Crippen LogP contribution in [0.15, 0.2) is 42.6 Å². The van der Waals surface area contributed by atoms with Crippen LogP contribution in [0.25, 0.3) is 10.9 Å². The van der Waals surface area contributed by atoms with Gasteiger partial charge in [-0.2, -0.15) is 0 Å². The number of rotatable bonds is 7. The third-order valence-electron chi connectivity index (χ3n) is 5.95. The molecule has 6 heteroatoms.